The van der Waals surface area contributed by atoms with Gasteiger partial charge in [0.25, 0.3) is 0 Å². The molecule has 0 aliphatic rings. The molecule has 1 N–H and O–H groups in total. The summed E-state index contributed by atoms with van der Waals surface area (Å²) in [6, 6.07) is 9.17. The Morgan fingerprint density at radius 1 is 1.20 bits per heavy atom. The summed E-state index contributed by atoms with van der Waals surface area (Å²) < 4.78 is 26.5. The molecular formula is C14H18N2O2S2. The van der Waals surface area contributed by atoms with Gasteiger partial charge >= 0.3 is 0 Å². The standard InChI is InChI=1S/C14H18N2O2S2/c1-11-12(2)19-14(16-11)8-9-15-20(17,18)10-13-6-4-3-5-7-13/h3-7,15H,8-10H2,1-2H3. The first-order chi connectivity index (χ1) is 9.46. The lowest BCUT2D eigenvalue weighted by molar-refractivity contribution is 0.580. The summed E-state index contributed by atoms with van der Waals surface area (Å²) in [5, 5.41) is 0.974. The van der Waals surface area contributed by atoms with Gasteiger partial charge in [-0.2, -0.15) is 0 Å². The zero-order valence-corrected chi connectivity index (χ0v) is 13.2. The van der Waals surface area contributed by atoms with E-state index in [4.69, 9.17) is 0 Å². The normalized spacial score (nSPS) is 11.7. The Bertz CT molecular complexity index is 644. The Morgan fingerprint density at radius 3 is 2.50 bits per heavy atom. The molecule has 2 aromatic rings. The quantitative estimate of drug-likeness (QED) is 0.891. The van der Waals surface area contributed by atoms with Crippen LogP contribution in [0.3, 0.4) is 0 Å². The van der Waals surface area contributed by atoms with Crippen LogP contribution in [-0.4, -0.2) is 19.9 Å². The van der Waals surface area contributed by atoms with Gasteiger partial charge in [0.15, 0.2) is 0 Å². The van der Waals surface area contributed by atoms with Gasteiger partial charge in [0.2, 0.25) is 10.0 Å². The van der Waals surface area contributed by atoms with Crippen LogP contribution in [0.4, 0.5) is 0 Å². The molecule has 1 heterocycles. The molecule has 0 saturated heterocycles. The molecule has 1 aromatic carbocycles. The lowest BCUT2D eigenvalue weighted by Crippen LogP contribution is -2.27. The number of aryl methyl sites for hydroxylation is 2. The van der Waals surface area contributed by atoms with Crippen molar-refractivity contribution >= 4 is 21.4 Å². The monoisotopic (exact) mass is 310 g/mol. The van der Waals surface area contributed by atoms with Crippen LogP contribution in [0.1, 0.15) is 21.1 Å². The van der Waals surface area contributed by atoms with Crippen molar-refractivity contribution in [3.05, 3.63) is 51.5 Å². The molecule has 0 radical (unpaired) electrons. The zero-order chi connectivity index (χ0) is 14.6. The fourth-order valence-electron chi connectivity index (χ4n) is 1.80. The molecule has 20 heavy (non-hydrogen) atoms. The van der Waals surface area contributed by atoms with Crippen molar-refractivity contribution in [2.45, 2.75) is 26.0 Å². The highest BCUT2D eigenvalue weighted by molar-refractivity contribution is 7.88. The van der Waals surface area contributed by atoms with E-state index in [1.807, 2.05) is 44.2 Å². The first kappa shape index (κ1) is 15.2. The Labute approximate surface area is 123 Å². The van der Waals surface area contributed by atoms with Crippen LogP contribution in [0.5, 0.6) is 0 Å². The number of sulfonamides is 1. The molecule has 0 bridgehead atoms. The summed E-state index contributed by atoms with van der Waals surface area (Å²) in [6.07, 6.45) is 0.632. The van der Waals surface area contributed by atoms with Crippen LogP contribution in [0.2, 0.25) is 0 Å². The molecule has 6 heteroatoms. The Hall–Kier alpha value is -1.24. The summed E-state index contributed by atoms with van der Waals surface area (Å²) in [6.45, 7) is 4.38. The molecule has 108 valence electrons. The molecule has 0 aliphatic carbocycles. The molecule has 0 unspecified atom stereocenters. The van der Waals surface area contributed by atoms with Crippen molar-refractivity contribution in [1.82, 2.24) is 9.71 Å². The van der Waals surface area contributed by atoms with E-state index in [-0.39, 0.29) is 5.75 Å². The van der Waals surface area contributed by atoms with Gasteiger partial charge in [0.1, 0.15) is 0 Å². The van der Waals surface area contributed by atoms with E-state index >= 15 is 0 Å². The molecule has 2 rings (SSSR count). The van der Waals surface area contributed by atoms with Gasteiger partial charge in [-0.25, -0.2) is 18.1 Å². The lowest BCUT2D eigenvalue weighted by Gasteiger charge is -2.05. The molecule has 0 fully saturated rings. The third-order valence-electron chi connectivity index (χ3n) is 2.93. The van der Waals surface area contributed by atoms with Crippen LogP contribution >= 0.6 is 11.3 Å². The summed E-state index contributed by atoms with van der Waals surface area (Å²) >= 11 is 1.62. The van der Waals surface area contributed by atoms with Crippen LogP contribution in [0, 0.1) is 13.8 Å². The van der Waals surface area contributed by atoms with Crippen LogP contribution in [-0.2, 0) is 22.2 Å². The van der Waals surface area contributed by atoms with E-state index < -0.39 is 10.0 Å². The number of nitrogens with one attached hydrogen (secondary N) is 1. The van der Waals surface area contributed by atoms with E-state index in [0.717, 1.165) is 16.3 Å². The maximum Gasteiger partial charge on any atom is 0.215 e. The van der Waals surface area contributed by atoms with E-state index in [2.05, 4.69) is 9.71 Å². The predicted molar refractivity (Wildman–Crippen MR) is 82.4 cm³/mol. The van der Waals surface area contributed by atoms with Crippen molar-refractivity contribution in [3.63, 3.8) is 0 Å². The number of hydrogen-bond acceptors (Lipinski definition) is 4. The fourth-order valence-corrected chi connectivity index (χ4v) is 3.88. The minimum absolute atomic E-state index is 0.0176. The van der Waals surface area contributed by atoms with E-state index in [1.54, 1.807) is 11.3 Å². The minimum Gasteiger partial charge on any atom is -0.246 e. The van der Waals surface area contributed by atoms with E-state index in [0.29, 0.717) is 13.0 Å². The van der Waals surface area contributed by atoms with Crippen molar-refractivity contribution in [2.24, 2.45) is 0 Å². The first-order valence-electron chi connectivity index (χ1n) is 6.40. The molecular weight excluding hydrogens is 292 g/mol. The van der Waals surface area contributed by atoms with Gasteiger partial charge in [-0.05, 0) is 19.4 Å². The maximum absolute atomic E-state index is 11.9. The second-order valence-electron chi connectivity index (χ2n) is 4.64. The second-order valence-corrected chi connectivity index (χ2v) is 7.73. The Kier molecular flexibility index (Phi) is 4.91. The van der Waals surface area contributed by atoms with Crippen molar-refractivity contribution in [2.75, 3.05) is 6.54 Å². The highest BCUT2D eigenvalue weighted by atomic mass is 32.2. The summed E-state index contributed by atoms with van der Waals surface area (Å²) in [5.41, 5.74) is 1.82. The Morgan fingerprint density at radius 2 is 1.90 bits per heavy atom. The van der Waals surface area contributed by atoms with Crippen LogP contribution in [0.15, 0.2) is 30.3 Å². The van der Waals surface area contributed by atoms with Gasteiger partial charge in [0.05, 0.1) is 16.5 Å². The lowest BCUT2D eigenvalue weighted by atomic mass is 10.2. The van der Waals surface area contributed by atoms with Gasteiger partial charge in [-0.1, -0.05) is 30.3 Å². The van der Waals surface area contributed by atoms with Gasteiger partial charge in [-0.15, -0.1) is 11.3 Å². The third kappa shape index (κ3) is 4.40. The molecule has 4 nitrogen and oxygen atoms in total. The van der Waals surface area contributed by atoms with Gasteiger partial charge in [-0.3, -0.25) is 0 Å². The molecule has 1 aromatic heterocycles. The highest BCUT2D eigenvalue weighted by Gasteiger charge is 2.11. The topological polar surface area (TPSA) is 59.1 Å². The molecule has 0 saturated carbocycles. The van der Waals surface area contributed by atoms with Gasteiger partial charge in [0, 0.05) is 17.8 Å². The van der Waals surface area contributed by atoms with Crippen molar-refractivity contribution in [1.29, 1.82) is 0 Å². The summed E-state index contributed by atoms with van der Waals surface area (Å²) in [7, 11) is -3.28. The first-order valence-corrected chi connectivity index (χ1v) is 8.87. The smallest absolute Gasteiger partial charge is 0.215 e. The Balaban J connectivity index is 1.86. The number of benzene rings is 1. The van der Waals surface area contributed by atoms with Crippen LogP contribution < -0.4 is 4.72 Å². The zero-order valence-electron chi connectivity index (χ0n) is 11.6. The van der Waals surface area contributed by atoms with Gasteiger partial charge < -0.3 is 0 Å². The van der Waals surface area contributed by atoms with E-state index in [9.17, 15) is 8.42 Å². The molecule has 0 spiro atoms. The number of hydrogen-bond donors (Lipinski definition) is 1. The van der Waals surface area contributed by atoms with Crippen LogP contribution in [0.25, 0.3) is 0 Å². The average Bonchev–Trinajstić information content (AvgIpc) is 2.69. The SMILES string of the molecule is Cc1nc(CCNS(=O)(=O)Cc2ccccc2)sc1C. The maximum atomic E-state index is 11.9. The van der Waals surface area contributed by atoms with E-state index in [1.165, 1.54) is 4.88 Å². The predicted octanol–water partition coefficient (Wildman–Crippen LogP) is 2.42. The average molecular weight is 310 g/mol. The van der Waals surface area contributed by atoms with Crippen molar-refractivity contribution < 1.29 is 8.42 Å². The minimum atomic E-state index is -3.28. The second kappa shape index (κ2) is 6.47. The number of rotatable bonds is 6. The molecule has 0 atom stereocenters. The molecule has 0 amide bonds. The largest absolute Gasteiger partial charge is 0.246 e. The summed E-state index contributed by atoms with van der Waals surface area (Å²) in [5.74, 6) is 0.0176. The molecule has 0 aliphatic heterocycles. The number of thiazole rings is 1. The third-order valence-corrected chi connectivity index (χ3v) is 5.42. The number of aromatic nitrogens is 1. The summed E-state index contributed by atoms with van der Waals surface area (Å²) in [4.78, 5) is 5.58. The number of nitrogens with zero attached hydrogens (tertiary/aromatic N) is 1. The van der Waals surface area contributed by atoms with Crippen molar-refractivity contribution in [3.8, 4) is 0 Å². The highest BCUT2D eigenvalue weighted by Crippen LogP contribution is 2.16. The fraction of sp³-hybridized carbons (Fsp3) is 0.357.